The molecule has 0 amide bonds. The van der Waals surface area contributed by atoms with Gasteiger partial charge in [0.05, 0.1) is 13.2 Å². The third-order valence-corrected chi connectivity index (χ3v) is 3.38. The van der Waals surface area contributed by atoms with Crippen molar-refractivity contribution in [2.24, 2.45) is 0 Å². The summed E-state index contributed by atoms with van der Waals surface area (Å²) in [6.45, 7) is 0.879. The Morgan fingerprint density at radius 2 is 2.26 bits per heavy atom. The summed E-state index contributed by atoms with van der Waals surface area (Å²) in [4.78, 5) is 7.83. The van der Waals surface area contributed by atoms with Gasteiger partial charge in [-0.3, -0.25) is 4.72 Å². The molecule has 0 spiro atoms. The summed E-state index contributed by atoms with van der Waals surface area (Å²) in [6.07, 6.45) is 1.27. The summed E-state index contributed by atoms with van der Waals surface area (Å²) >= 11 is 1.74. The Labute approximate surface area is 121 Å². The van der Waals surface area contributed by atoms with Gasteiger partial charge in [-0.2, -0.15) is 0 Å². The molecule has 0 aliphatic carbocycles. The van der Waals surface area contributed by atoms with E-state index < -0.39 is 11.2 Å². The molecule has 0 fully saturated rings. The summed E-state index contributed by atoms with van der Waals surface area (Å²) in [5.41, 5.74) is 0. The molecule has 1 aromatic rings. The first-order valence-corrected chi connectivity index (χ1v) is 7.28. The van der Waals surface area contributed by atoms with E-state index in [4.69, 9.17) is 14.6 Å². The average molecular weight is 355 g/mol. The van der Waals surface area contributed by atoms with Crippen LogP contribution >= 0.6 is 15.9 Å². The van der Waals surface area contributed by atoms with Crippen molar-refractivity contribution in [2.75, 3.05) is 38.2 Å². The van der Waals surface area contributed by atoms with Gasteiger partial charge in [-0.25, -0.2) is 18.9 Å². The van der Waals surface area contributed by atoms with Gasteiger partial charge in [-0.1, -0.05) is 0 Å². The highest BCUT2D eigenvalue weighted by Gasteiger charge is 2.11. The highest BCUT2D eigenvalue weighted by Crippen LogP contribution is 2.28. The number of nitrogens with one attached hydrogen (secondary N) is 2. The fourth-order valence-corrected chi connectivity index (χ4v) is 2.25. The number of ether oxygens (including phenoxy) is 2. The van der Waals surface area contributed by atoms with Crippen molar-refractivity contribution in [1.29, 1.82) is 0 Å². The summed E-state index contributed by atoms with van der Waals surface area (Å²) in [7, 11) is 1.56. The highest BCUT2D eigenvalue weighted by atomic mass is 79.9. The van der Waals surface area contributed by atoms with Crippen molar-refractivity contribution in [3.63, 3.8) is 0 Å². The van der Waals surface area contributed by atoms with E-state index in [0.717, 1.165) is 0 Å². The van der Waals surface area contributed by atoms with Crippen LogP contribution < -0.4 is 14.2 Å². The largest absolute Gasteiger partial charge is 0.474 e. The Hall–Kier alpha value is -0.810. The highest BCUT2D eigenvalue weighted by molar-refractivity contribution is 9.10. The molecule has 1 heterocycles. The number of halogens is 1. The van der Waals surface area contributed by atoms with Gasteiger partial charge in [-0.05, 0) is 15.9 Å². The number of rotatable bonds is 9. The molecule has 19 heavy (non-hydrogen) atoms. The normalized spacial score (nSPS) is 12.2. The number of hydrogen-bond donors (Lipinski definition) is 3. The van der Waals surface area contributed by atoms with Crippen LogP contribution in [0, 0.1) is 0 Å². The van der Waals surface area contributed by atoms with Crippen LogP contribution in [0.4, 0.5) is 5.82 Å². The zero-order chi connectivity index (χ0) is 14.1. The molecule has 0 aromatic carbocycles. The first kappa shape index (κ1) is 16.2. The van der Waals surface area contributed by atoms with Crippen molar-refractivity contribution < 1.29 is 18.8 Å². The lowest BCUT2D eigenvalue weighted by Gasteiger charge is -2.10. The fraction of sp³-hybridized carbons (Fsp3) is 0.556. The first-order valence-electron chi connectivity index (χ1n) is 5.34. The number of hydrogen-bond acceptors (Lipinski definition) is 6. The number of aliphatic hydroxyl groups excluding tert-OH is 1. The molecule has 1 rings (SSSR count). The second-order valence-electron chi connectivity index (χ2n) is 3.17. The van der Waals surface area contributed by atoms with Gasteiger partial charge < -0.3 is 14.6 Å². The van der Waals surface area contributed by atoms with Crippen LogP contribution in [-0.4, -0.2) is 52.8 Å². The maximum absolute atomic E-state index is 11.6. The van der Waals surface area contributed by atoms with E-state index in [1.165, 1.54) is 6.33 Å². The number of aliphatic hydroxyl groups is 1. The smallest absolute Gasteiger partial charge is 0.233 e. The zero-order valence-electron chi connectivity index (χ0n) is 10.3. The van der Waals surface area contributed by atoms with Gasteiger partial charge in [0.25, 0.3) is 0 Å². The fourth-order valence-electron chi connectivity index (χ4n) is 1.03. The van der Waals surface area contributed by atoms with Crippen LogP contribution in [0.1, 0.15) is 0 Å². The summed E-state index contributed by atoms with van der Waals surface area (Å²) in [5.74, 6) is 0.589. The van der Waals surface area contributed by atoms with Crippen LogP contribution in [0.5, 0.6) is 5.88 Å². The van der Waals surface area contributed by atoms with E-state index in [9.17, 15) is 4.21 Å². The molecule has 0 aliphatic rings. The molecule has 1 aromatic heterocycles. The van der Waals surface area contributed by atoms with E-state index in [1.807, 2.05) is 0 Å². The standard InChI is InChI=1S/C9H15BrN4O4S/c1-17-4-2-13-19(16)14-8-7(10)9(12-6-11-8)18-5-3-15/h6,13,15H,2-5H2,1H3,(H,11,12,14). The van der Waals surface area contributed by atoms with E-state index in [-0.39, 0.29) is 19.1 Å². The molecular formula is C9H15BrN4O4S. The summed E-state index contributed by atoms with van der Waals surface area (Å²) < 4.78 is 27.4. The lowest BCUT2D eigenvalue weighted by molar-refractivity contribution is 0.196. The van der Waals surface area contributed by atoms with E-state index in [0.29, 0.717) is 23.4 Å². The van der Waals surface area contributed by atoms with Crippen molar-refractivity contribution in [2.45, 2.75) is 0 Å². The summed E-state index contributed by atoms with van der Waals surface area (Å²) in [5, 5.41) is 8.68. The Bertz CT molecular complexity index is 423. The minimum Gasteiger partial charge on any atom is -0.474 e. The Morgan fingerprint density at radius 1 is 1.47 bits per heavy atom. The molecule has 0 saturated carbocycles. The predicted molar refractivity (Wildman–Crippen MR) is 74.0 cm³/mol. The van der Waals surface area contributed by atoms with Crippen LogP contribution in [0.15, 0.2) is 10.8 Å². The van der Waals surface area contributed by atoms with Crippen molar-refractivity contribution in [3.8, 4) is 5.88 Å². The van der Waals surface area contributed by atoms with Gasteiger partial charge in [0, 0.05) is 13.7 Å². The Morgan fingerprint density at radius 3 is 2.95 bits per heavy atom. The Kier molecular flexibility index (Phi) is 7.82. The van der Waals surface area contributed by atoms with Gasteiger partial charge in [0.1, 0.15) is 17.4 Å². The lowest BCUT2D eigenvalue weighted by atomic mass is 10.6. The topological polar surface area (TPSA) is 106 Å². The molecule has 8 nitrogen and oxygen atoms in total. The van der Waals surface area contributed by atoms with Gasteiger partial charge in [0.15, 0.2) is 17.0 Å². The molecule has 1 unspecified atom stereocenters. The molecule has 0 saturated heterocycles. The minimum atomic E-state index is -1.50. The monoisotopic (exact) mass is 354 g/mol. The van der Waals surface area contributed by atoms with Crippen molar-refractivity contribution in [3.05, 3.63) is 10.8 Å². The molecule has 108 valence electrons. The van der Waals surface area contributed by atoms with E-state index >= 15 is 0 Å². The predicted octanol–water partition coefficient (Wildman–Crippen LogP) is -0.163. The van der Waals surface area contributed by atoms with Crippen LogP contribution in [-0.2, 0) is 15.9 Å². The van der Waals surface area contributed by atoms with Crippen LogP contribution in [0.3, 0.4) is 0 Å². The van der Waals surface area contributed by atoms with E-state index in [1.54, 1.807) is 7.11 Å². The van der Waals surface area contributed by atoms with E-state index in [2.05, 4.69) is 35.3 Å². The van der Waals surface area contributed by atoms with Gasteiger partial charge in [0.2, 0.25) is 5.88 Å². The SMILES string of the molecule is COCCNS(=O)Nc1ncnc(OCCO)c1Br. The lowest BCUT2D eigenvalue weighted by Crippen LogP contribution is -2.27. The maximum atomic E-state index is 11.6. The summed E-state index contributed by atoms with van der Waals surface area (Å²) in [6, 6.07) is 0. The van der Waals surface area contributed by atoms with Crippen molar-refractivity contribution in [1.82, 2.24) is 14.7 Å². The molecular weight excluding hydrogens is 340 g/mol. The number of aromatic nitrogens is 2. The molecule has 3 N–H and O–H groups in total. The second-order valence-corrected chi connectivity index (χ2v) is 4.99. The van der Waals surface area contributed by atoms with Crippen LogP contribution in [0.2, 0.25) is 0 Å². The zero-order valence-corrected chi connectivity index (χ0v) is 12.7. The van der Waals surface area contributed by atoms with Crippen LogP contribution in [0.25, 0.3) is 0 Å². The van der Waals surface area contributed by atoms with Gasteiger partial charge in [-0.15, -0.1) is 0 Å². The third-order valence-electron chi connectivity index (χ3n) is 1.82. The number of anilines is 1. The average Bonchev–Trinajstić information content (AvgIpc) is 2.40. The Balaban J connectivity index is 2.60. The third kappa shape index (κ3) is 5.78. The molecule has 0 aliphatic heterocycles. The number of methoxy groups -OCH3 is 1. The molecule has 1 atom stereocenters. The maximum Gasteiger partial charge on any atom is 0.233 e. The second kappa shape index (κ2) is 9.15. The minimum absolute atomic E-state index is 0.115. The van der Waals surface area contributed by atoms with Gasteiger partial charge >= 0.3 is 0 Å². The quantitative estimate of drug-likeness (QED) is 0.532. The number of nitrogens with zero attached hydrogens (tertiary/aromatic N) is 2. The molecule has 0 bridgehead atoms. The first-order chi connectivity index (χ1) is 9.19. The molecule has 10 heteroatoms. The van der Waals surface area contributed by atoms with Crippen molar-refractivity contribution >= 4 is 32.9 Å². The molecule has 0 radical (unpaired) electrons.